The van der Waals surface area contributed by atoms with E-state index >= 15 is 0 Å². The maximum atomic E-state index is 13.4. The Labute approximate surface area is 117 Å². The Balaban J connectivity index is 2.45. The van der Waals surface area contributed by atoms with Gasteiger partial charge in [0.15, 0.2) is 5.78 Å². The van der Waals surface area contributed by atoms with E-state index < -0.39 is 0 Å². The summed E-state index contributed by atoms with van der Waals surface area (Å²) in [5, 5.41) is 0. The molecule has 0 aliphatic rings. The summed E-state index contributed by atoms with van der Waals surface area (Å²) in [6.07, 6.45) is 4.09. The van der Waals surface area contributed by atoms with Gasteiger partial charge in [-0.15, -0.1) is 0 Å². The Morgan fingerprint density at radius 1 is 1.30 bits per heavy atom. The molecule has 4 heteroatoms. The average Bonchev–Trinajstić information content (AvgIpc) is 2.45. The van der Waals surface area contributed by atoms with Crippen LogP contribution in [0.3, 0.4) is 0 Å². The standard InChI is InChI=1S/C16H16FNO2/c1-3-6-20-14-7-12(9-18-10-14)16-8-13(17)4-5-15(16)11(2)19/h4-5,7-10H,3,6H2,1-2H3. The van der Waals surface area contributed by atoms with Crippen LogP contribution >= 0.6 is 0 Å². The van der Waals surface area contributed by atoms with Crippen LogP contribution < -0.4 is 4.74 Å². The van der Waals surface area contributed by atoms with Crippen LogP contribution in [0, 0.1) is 5.82 Å². The molecule has 1 heterocycles. The van der Waals surface area contributed by atoms with Crippen molar-refractivity contribution in [1.29, 1.82) is 0 Å². The van der Waals surface area contributed by atoms with E-state index in [0.717, 1.165) is 6.42 Å². The molecule has 0 amide bonds. The molecular formula is C16H16FNO2. The van der Waals surface area contributed by atoms with Gasteiger partial charge in [-0.2, -0.15) is 0 Å². The van der Waals surface area contributed by atoms with Crippen LogP contribution in [0.15, 0.2) is 36.7 Å². The van der Waals surface area contributed by atoms with Gasteiger partial charge in [-0.3, -0.25) is 9.78 Å². The maximum absolute atomic E-state index is 13.4. The zero-order valence-electron chi connectivity index (χ0n) is 11.5. The Morgan fingerprint density at radius 2 is 2.10 bits per heavy atom. The molecule has 0 unspecified atom stereocenters. The fourth-order valence-electron chi connectivity index (χ4n) is 1.93. The van der Waals surface area contributed by atoms with E-state index in [2.05, 4.69) is 4.98 Å². The van der Waals surface area contributed by atoms with Crippen LogP contribution in [-0.4, -0.2) is 17.4 Å². The molecule has 20 heavy (non-hydrogen) atoms. The third kappa shape index (κ3) is 3.20. The van der Waals surface area contributed by atoms with Crippen molar-refractivity contribution in [2.75, 3.05) is 6.61 Å². The van der Waals surface area contributed by atoms with Gasteiger partial charge < -0.3 is 4.74 Å². The summed E-state index contributed by atoms with van der Waals surface area (Å²) < 4.78 is 18.9. The SMILES string of the molecule is CCCOc1cncc(-c2cc(F)ccc2C(C)=O)c1. The van der Waals surface area contributed by atoms with E-state index in [4.69, 9.17) is 4.74 Å². The molecule has 0 saturated heterocycles. The lowest BCUT2D eigenvalue weighted by molar-refractivity contribution is 0.101. The normalized spacial score (nSPS) is 10.3. The first kappa shape index (κ1) is 14.2. The minimum absolute atomic E-state index is 0.111. The summed E-state index contributed by atoms with van der Waals surface area (Å²) in [5.41, 5.74) is 1.68. The molecule has 1 aromatic carbocycles. The minimum atomic E-state index is -0.384. The van der Waals surface area contributed by atoms with Crippen molar-refractivity contribution in [2.24, 2.45) is 0 Å². The zero-order valence-corrected chi connectivity index (χ0v) is 11.5. The van der Waals surface area contributed by atoms with Crippen LogP contribution in [0.25, 0.3) is 11.1 Å². The highest BCUT2D eigenvalue weighted by molar-refractivity contribution is 6.00. The van der Waals surface area contributed by atoms with Crippen molar-refractivity contribution in [1.82, 2.24) is 4.98 Å². The molecule has 0 spiro atoms. The largest absolute Gasteiger partial charge is 0.492 e. The van der Waals surface area contributed by atoms with Crippen LogP contribution in [0.5, 0.6) is 5.75 Å². The van der Waals surface area contributed by atoms with Gasteiger partial charge >= 0.3 is 0 Å². The predicted molar refractivity (Wildman–Crippen MR) is 75.4 cm³/mol. The number of pyridine rings is 1. The molecule has 2 rings (SSSR count). The molecule has 0 fully saturated rings. The summed E-state index contributed by atoms with van der Waals surface area (Å²) in [6, 6.07) is 5.89. The first-order valence-corrected chi connectivity index (χ1v) is 6.50. The second-order valence-electron chi connectivity index (χ2n) is 4.50. The highest BCUT2D eigenvalue weighted by atomic mass is 19.1. The molecule has 3 nitrogen and oxygen atoms in total. The van der Waals surface area contributed by atoms with Crippen molar-refractivity contribution < 1.29 is 13.9 Å². The lowest BCUT2D eigenvalue weighted by atomic mass is 9.98. The highest BCUT2D eigenvalue weighted by Gasteiger charge is 2.11. The summed E-state index contributed by atoms with van der Waals surface area (Å²) in [7, 11) is 0. The number of benzene rings is 1. The Hall–Kier alpha value is -2.23. The van der Waals surface area contributed by atoms with Crippen LogP contribution in [-0.2, 0) is 0 Å². The van der Waals surface area contributed by atoms with E-state index in [0.29, 0.717) is 29.0 Å². The van der Waals surface area contributed by atoms with Gasteiger partial charge in [-0.05, 0) is 43.2 Å². The summed E-state index contributed by atoms with van der Waals surface area (Å²) in [5.74, 6) is 0.118. The molecule has 0 saturated carbocycles. The predicted octanol–water partition coefficient (Wildman–Crippen LogP) is 3.88. The molecule has 0 aliphatic heterocycles. The fourth-order valence-corrected chi connectivity index (χ4v) is 1.93. The molecule has 0 radical (unpaired) electrons. The molecule has 2 aromatic rings. The van der Waals surface area contributed by atoms with E-state index in [1.807, 2.05) is 6.92 Å². The smallest absolute Gasteiger partial charge is 0.160 e. The number of halogens is 1. The van der Waals surface area contributed by atoms with Gasteiger partial charge in [0.25, 0.3) is 0 Å². The number of ether oxygens (including phenoxy) is 1. The van der Waals surface area contributed by atoms with Crippen molar-refractivity contribution >= 4 is 5.78 Å². The van der Waals surface area contributed by atoms with Gasteiger partial charge in [0.2, 0.25) is 0 Å². The number of ketones is 1. The van der Waals surface area contributed by atoms with E-state index in [9.17, 15) is 9.18 Å². The Morgan fingerprint density at radius 3 is 2.80 bits per heavy atom. The number of carbonyl (C=O) groups is 1. The second kappa shape index (κ2) is 6.28. The fraction of sp³-hybridized carbons (Fsp3) is 0.250. The summed E-state index contributed by atoms with van der Waals surface area (Å²) in [4.78, 5) is 15.7. The number of aromatic nitrogens is 1. The molecule has 104 valence electrons. The number of hydrogen-bond acceptors (Lipinski definition) is 3. The number of rotatable bonds is 5. The third-order valence-corrected chi connectivity index (χ3v) is 2.86. The van der Waals surface area contributed by atoms with Crippen LogP contribution in [0.1, 0.15) is 30.6 Å². The molecule has 0 aliphatic carbocycles. The number of carbonyl (C=O) groups excluding carboxylic acids is 1. The minimum Gasteiger partial charge on any atom is -0.492 e. The van der Waals surface area contributed by atoms with Gasteiger partial charge in [-0.1, -0.05) is 6.92 Å². The van der Waals surface area contributed by atoms with Crippen molar-refractivity contribution in [3.8, 4) is 16.9 Å². The van der Waals surface area contributed by atoms with Crippen LogP contribution in [0.2, 0.25) is 0 Å². The lowest BCUT2D eigenvalue weighted by Crippen LogP contribution is -1.99. The lowest BCUT2D eigenvalue weighted by Gasteiger charge is -2.09. The monoisotopic (exact) mass is 273 g/mol. The quantitative estimate of drug-likeness (QED) is 0.776. The van der Waals surface area contributed by atoms with Crippen LogP contribution in [0.4, 0.5) is 4.39 Å². The van der Waals surface area contributed by atoms with E-state index in [-0.39, 0.29) is 11.6 Å². The molecule has 0 atom stereocenters. The van der Waals surface area contributed by atoms with Gasteiger partial charge in [0.1, 0.15) is 11.6 Å². The average molecular weight is 273 g/mol. The Kier molecular flexibility index (Phi) is 4.45. The second-order valence-corrected chi connectivity index (χ2v) is 4.50. The van der Waals surface area contributed by atoms with E-state index in [1.54, 1.807) is 18.5 Å². The van der Waals surface area contributed by atoms with Gasteiger partial charge in [0, 0.05) is 17.3 Å². The zero-order chi connectivity index (χ0) is 14.5. The first-order valence-electron chi connectivity index (χ1n) is 6.50. The maximum Gasteiger partial charge on any atom is 0.160 e. The Bertz CT molecular complexity index is 626. The van der Waals surface area contributed by atoms with Crippen molar-refractivity contribution in [3.05, 3.63) is 48.0 Å². The number of nitrogens with zero attached hydrogens (tertiary/aromatic N) is 1. The highest BCUT2D eigenvalue weighted by Crippen LogP contribution is 2.27. The van der Waals surface area contributed by atoms with Crippen molar-refractivity contribution in [2.45, 2.75) is 20.3 Å². The summed E-state index contributed by atoms with van der Waals surface area (Å²) in [6.45, 7) is 4.06. The molecule has 0 bridgehead atoms. The number of Topliss-reactive ketones (excluding diaryl/α,β-unsaturated/α-hetero) is 1. The van der Waals surface area contributed by atoms with Crippen molar-refractivity contribution in [3.63, 3.8) is 0 Å². The third-order valence-electron chi connectivity index (χ3n) is 2.86. The van der Waals surface area contributed by atoms with Gasteiger partial charge in [0.05, 0.1) is 12.8 Å². The number of hydrogen-bond donors (Lipinski definition) is 0. The van der Waals surface area contributed by atoms with Gasteiger partial charge in [-0.25, -0.2) is 4.39 Å². The van der Waals surface area contributed by atoms with E-state index in [1.165, 1.54) is 25.1 Å². The first-order chi connectivity index (χ1) is 9.61. The molecule has 0 N–H and O–H groups in total. The topological polar surface area (TPSA) is 39.2 Å². The molecule has 1 aromatic heterocycles. The summed E-state index contributed by atoms with van der Waals surface area (Å²) >= 11 is 0. The molecular weight excluding hydrogens is 257 g/mol.